The van der Waals surface area contributed by atoms with Crippen LogP contribution in [-0.4, -0.2) is 84.0 Å². The third-order valence-electron chi connectivity index (χ3n) is 13.8. The number of aromatic nitrogens is 2. The zero-order valence-electron chi connectivity index (χ0n) is 43.8. The predicted octanol–water partition coefficient (Wildman–Crippen LogP) is 11.5. The highest BCUT2D eigenvalue weighted by Crippen LogP contribution is 2.42. The molecule has 0 saturated carbocycles. The molecule has 3 atom stereocenters. The first kappa shape index (κ1) is 54.0. The van der Waals surface area contributed by atoms with Crippen molar-refractivity contribution in [3.63, 3.8) is 0 Å². The Hall–Kier alpha value is -6.80. The fraction of sp³-hybridized carbons (Fsp3) is 0.424. The molecule has 0 aliphatic carbocycles. The highest BCUT2D eigenvalue weighted by atomic mass is 32.1. The fourth-order valence-corrected chi connectivity index (χ4v) is 10.1. The Morgan fingerprint density at radius 3 is 2.32 bits per heavy atom. The molecular weight excluding hydrogens is 937 g/mol. The van der Waals surface area contributed by atoms with E-state index in [0.29, 0.717) is 37.5 Å². The number of allylic oxidation sites excluding steroid dienone is 2. The molecule has 0 spiro atoms. The minimum absolute atomic E-state index is 0.1000. The number of amides is 4. The molecule has 3 aromatic carbocycles. The molecule has 73 heavy (non-hydrogen) atoms. The number of unbranched alkanes of at least 4 members (excludes halogenated alkanes) is 6. The third kappa shape index (κ3) is 14.0. The van der Waals surface area contributed by atoms with Gasteiger partial charge in [0.1, 0.15) is 17.8 Å². The first-order valence-electron chi connectivity index (χ1n) is 25.7. The van der Waals surface area contributed by atoms with Crippen molar-refractivity contribution in [2.24, 2.45) is 5.41 Å². The van der Waals surface area contributed by atoms with Crippen molar-refractivity contribution in [3.05, 3.63) is 112 Å². The number of carbonyl (C=O) groups excluding carboxylic acids is 4. The lowest BCUT2D eigenvalue weighted by Gasteiger charge is -2.35. The van der Waals surface area contributed by atoms with Gasteiger partial charge in [-0.25, -0.2) is 9.97 Å². The fourth-order valence-electron chi connectivity index (χ4n) is 9.40. The summed E-state index contributed by atoms with van der Waals surface area (Å²) in [6.45, 7) is 12.9. The number of nitrogens with zero attached hydrogens (tertiary/aromatic N) is 3. The molecule has 2 aliphatic rings. The van der Waals surface area contributed by atoms with Gasteiger partial charge in [0.05, 0.1) is 55.5 Å². The van der Waals surface area contributed by atoms with Crippen LogP contribution in [0.4, 0.5) is 5.69 Å². The number of aryl methyl sites for hydroxylation is 1. The Kier molecular flexibility index (Phi) is 18.7. The Morgan fingerprint density at radius 1 is 0.890 bits per heavy atom. The van der Waals surface area contributed by atoms with Gasteiger partial charge in [-0.1, -0.05) is 94.9 Å². The second kappa shape index (κ2) is 25.2. The number of benzene rings is 3. The molecule has 0 radical (unpaired) electrons. The second-order valence-corrected chi connectivity index (χ2v) is 21.1. The first-order valence-corrected chi connectivity index (χ1v) is 26.6. The van der Waals surface area contributed by atoms with Crippen molar-refractivity contribution in [1.29, 1.82) is 0 Å². The number of methoxy groups -OCH3 is 2. The minimum Gasteiger partial charge on any atom is -0.494 e. The summed E-state index contributed by atoms with van der Waals surface area (Å²) < 4.78 is 17.3. The van der Waals surface area contributed by atoms with Gasteiger partial charge in [-0.15, -0.1) is 11.3 Å². The summed E-state index contributed by atoms with van der Waals surface area (Å²) in [5.41, 5.74) is 9.95. The molecule has 3 unspecified atom stereocenters. The Labute approximate surface area is 435 Å². The Balaban J connectivity index is 0.837. The summed E-state index contributed by atoms with van der Waals surface area (Å²) in [6.07, 6.45) is 14.7. The van der Waals surface area contributed by atoms with Crippen LogP contribution in [0.5, 0.6) is 17.2 Å². The molecule has 14 heteroatoms. The lowest BCUT2D eigenvalue weighted by atomic mass is 9.85. The van der Waals surface area contributed by atoms with Gasteiger partial charge in [0.25, 0.3) is 0 Å². The van der Waals surface area contributed by atoms with Crippen molar-refractivity contribution < 1.29 is 33.4 Å². The quantitative estimate of drug-likeness (QED) is 0.0453. The summed E-state index contributed by atoms with van der Waals surface area (Å²) in [5.74, 6) is 1.40. The summed E-state index contributed by atoms with van der Waals surface area (Å²) >= 11 is 1.58. The van der Waals surface area contributed by atoms with Gasteiger partial charge in [0.2, 0.25) is 23.6 Å². The standard InChI is InChI=1S/C59H72N6O7S/c1-38(20-18-24-52-40(3)60-37-73-52)39(2)61-57(68)49-23-19-32-65(49)58(69)56(59(4,5)6)64-53(66)25-14-12-10-9-11-13-17-33-72-43-29-26-41(27-30-43)48-35-45(42-28-31-50(70-7)51(34-42)71-8)46-36-54(67)62-47-22-16-15-21-44(47)55(46)63-48/h15-16,18,20-22,24,26-31,34-35,37,39,49,56H,9-14,17,19,23,25,32-33,36H2,1-8H3,(H,61,68)(H,62,67)(H,64,66)/b24-18+,38-20+. The molecule has 4 amide bonds. The van der Waals surface area contributed by atoms with Crippen LogP contribution >= 0.6 is 11.3 Å². The number of para-hydroxylation sites is 1. The van der Waals surface area contributed by atoms with Crippen LogP contribution in [0.2, 0.25) is 0 Å². The van der Waals surface area contributed by atoms with Gasteiger partial charge in [0, 0.05) is 35.0 Å². The number of nitrogens with one attached hydrogen (secondary N) is 3. The SMILES string of the molecule is COc1ccc(-c2cc(-c3ccc(OCCCCCCCCCC(=O)NC(C(=O)N4CCCC4C(=O)NC(C)/C(C)=C/C=C/c4scnc4C)C(C)(C)C)cc3)nc3c2CC(=O)Nc2ccccc2-3)cc1OC. The molecule has 1 fully saturated rings. The lowest BCUT2D eigenvalue weighted by Crippen LogP contribution is -2.58. The molecule has 2 aromatic heterocycles. The first-order chi connectivity index (χ1) is 35.1. The Bertz CT molecular complexity index is 2790. The highest BCUT2D eigenvalue weighted by molar-refractivity contribution is 7.10. The number of fused-ring (bicyclic) bond motifs is 3. The topological polar surface area (TPSA) is 161 Å². The van der Waals surface area contributed by atoms with E-state index in [1.165, 1.54) is 0 Å². The predicted molar refractivity (Wildman–Crippen MR) is 292 cm³/mol. The van der Waals surface area contributed by atoms with Gasteiger partial charge in [-0.3, -0.25) is 19.2 Å². The molecule has 7 rings (SSSR count). The van der Waals surface area contributed by atoms with E-state index in [0.717, 1.165) is 118 Å². The van der Waals surface area contributed by atoms with Gasteiger partial charge in [-0.05, 0) is 123 Å². The molecule has 2 aliphatic heterocycles. The number of thiazole rings is 1. The summed E-state index contributed by atoms with van der Waals surface area (Å²) in [6, 6.07) is 22.1. The van der Waals surface area contributed by atoms with E-state index < -0.39 is 17.5 Å². The molecule has 0 bridgehead atoms. The number of ether oxygens (including phenoxy) is 3. The van der Waals surface area contributed by atoms with E-state index in [1.54, 1.807) is 30.5 Å². The van der Waals surface area contributed by atoms with Gasteiger partial charge in [0.15, 0.2) is 11.5 Å². The van der Waals surface area contributed by atoms with Crippen LogP contribution in [0.3, 0.4) is 0 Å². The number of carbonyl (C=O) groups is 4. The highest BCUT2D eigenvalue weighted by Gasteiger charge is 2.42. The van der Waals surface area contributed by atoms with E-state index in [4.69, 9.17) is 19.2 Å². The van der Waals surface area contributed by atoms with Crippen LogP contribution < -0.4 is 30.2 Å². The summed E-state index contributed by atoms with van der Waals surface area (Å²) in [4.78, 5) is 66.3. The summed E-state index contributed by atoms with van der Waals surface area (Å²) in [5, 5.41) is 9.23. The number of pyridine rings is 1. The van der Waals surface area contributed by atoms with E-state index >= 15 is 0 Å². The lowest BCUT2D eigenvalue weighted by molar-refractivity contribution is -0.144. The average molecular weight is 1010 g/mol. The van der Waals surface area contributed by atoms with Gasteiger partial charge in [-0.2, -0.15) is 0 Å². The monoisotopic (exact) mass is 1010 g/mol. The molecule has 5 aromatic rings. The smallest absolute Gasteiger partial charge is 0.246 e. The minimum atomic E-state index is -0.737. The van der Waals surface area contributed by atoms with Crippen LogP contribution in [-0.2, 0) is 25.6 Å². The van der Waals surface area contributed by atoms with E-state index in [2.05, 4.69) is 20.9 Å². The van der Waals surface area contributed by atoms with Crippen molar-refractivity contribution >= 4 is 46.7 Å². The maximum Gasteiger partial charge on any atom is 0.246 e. The Morgan fingerprint density at radius 2 is 1.60 bits per heavy atom. The average Bonchev–Trinajstić information content (AvgIpc) is 4.01. The van der Waals surface area contributed by atoms with E-state index in [1.807, 2.05) is 138 Å². The van der Waals surface area contributed by atoms with Crippen molar-refractivity contribution in [3.8, 4) is 50.9 Å². The molecular formula is C59H72N6O7S. The van der Waals surface area contributed by atoms with Crippen LogP contribution in [0, 0.1) is 12.3 Å². The summed E-state index contributed by atoms with van der Waals surface area (Å²) in [7, 11) is 3.22. The van der Waals surface area contributed by atoms with E-state index in [9.17, 15) is 19.2 Å². The maximum absolute atomic E-state index is 14.1. The number of likely N-dealkylation sites (tertiary alicyclic amines) is 1. The van der Waals surface area contributed by atoms with Crippen LogP contribution in [0.1, 0.15) is 115 Å². The largest absolute Gasteiger partial charge is 0.494 e. The number of rotatable bonds is 22. The third-order valence-corrected chi connectivity index (χ3v) is 14.7. The van der Waals surface area contributed by atoms with Gasteiger partial charge < -0.3 is 35.1 Å². The molecule has 4 heterocycles. The van der Waals surface area contributed by atoms with Gasteiger partial charge >= 0.3 is 0 Å². The van der Waals surface area contributed by atoms with Crippen LogP contribution in [0.25, 0.3) is 39.7 Å². The number of hydrogen-bond acceptors (Lipinski definition) is 10. The van der Waals surface area contributed by atoms with Crippen LogP contribution in [0.15, 0.2) is 96.0 Å². The number of anilines is 1. The van der Waals surface area contributed by atoms with E-state index in [-0.39, 0.29) is 36.1 Å². The van der Waals surface area contributed by atoms with Crippen molar-refractivity contribution in [2.45, 2.75) is 130 Å². The maximum atomic E-state index is 14.1. The van der Waals surface area contributed by atoms with Crippen molar-refractivity contribution in [2.75, 3.05) is 32.7 Å². The second-order valence-electron chi connectivity index (χ2n) is 20.2. The molecule has 386 valence electrons. The zero-order chi connectivity index (χ0) is 52.1. The zero-order valence-corrected chi connectivity index (χ0v) is 44.6. The normalized spacial score (nSPS) is 15.5. The molecule has 1 saturated heterocycles. The molecule has 3 N–H and O–H groups in total. The molecule has 13 nitrogen and oxygen atoms in total. The van der Waals surface area contributed by atoms with Crippen molar-refractivity contribution in [1.82, 2.24) is 25.5 Å². The number of hydrogen-bond donors (Lipinski definition) is 3.